The summed E-state index contributed by atoms with van der Waals surface area (Å²) in [6.07, 6.45) is 5.51. The fourth-order valence-corrected chi connectivity index (χ4v) is 5.08. The molecule has 4 N–H and O–H groups in total. The number of para-hydroxylation sites is 1. The quantitative estimate of drug-likeness (QED) is 0.300. The molecule has 1 aliphatic rings. The van der Waals surface area contributed by atoms with Crippen LogP contribution in [0, 0.1) is 0 Å². The maximum Gasteiger partial charge on any atom is 0.243 e. The first-order valence-corrected chi connectivity index (χ1v) is 11.1. The van der Waals surface area contributed by atoms with Crippen LogP contribution in [-0.2, 0) is 24.1 Å². The van der Waals surface area contributed by atoms with E-state index in [2.05, 4.69) is 40.3 Å². The van der Waals surface area contributed by atoms with Gasteiger partial charge in [0.15, 0.2) is 0 Å². The molecule has 1 aliphatic carbocycles. The van der Waals surface area contributed by atoms with Gasteiger partial charge in [0.1, 0.15) is 0 Å². The molecule has 1 aromatic heterocycles. The standard InChI is InChI=1S/C24H28ClN3O3/c25-24-16(6-10-23(30)27-31)5-7-19-20(24)8-9-22(19)28(13-14-29)12-11-17-15-26-21-4-2-1-3-18(17)21/h1-5,7,15,22,26,29,31H,6,8-14H2,(H,27,30). The SMILES string of the molecule is O=C(CCc1ccc2c(c1Cl)CCC2N(CCO)CCc1c[nH]c2ccccc12)NO. The number of benzene rings is 2. The van der Waals surface area contributed by atoms with Crippen molar-refractivity contribution in [2.45, 2.75) is 38.1 Å². The van der Waals surface area contributed by atoms with Gasteiger partial charge in [0, 0.05) is 47.7 Å². The summed E-state index contributed by atoms with van der Waals surface area (Å²) in [5, 5.41) is 20.4. The van der Waals surface area contributed by atoms with E-state index in [1.807, 2.05) is 12.1 Å². The molecule has 1 atom stereocenters. The van der Waals surface area contributed by atoms with Crippen LogP contribution in [-0.4, -0.2) is 45.8 Å². The predicted molar refractivity (Wildman–Crippen MR) is 121 cm³/mol. The molecular formula is C24H28ClN3O3. The van der Waals surface area contributed by atoms with Crippen LogP contribution in [0.2, 0.25) is 5.02 Å². The van der Waals surface area contributed by atoms with Gasteiger partial charge >= 0.3 is 0 Å². The molecule has 0 saturated heterocycles. The monoisotopic (exact) mass is 441 g/mol. The predicted octanol–water partition coefficient (Wildman–Crippen LogP) is 3.78. The topological polar surface area (TPSA) is 88.6 Å². The average molecular weight is 442 g/mol. The molecule has 0 saturated carbocycles. The summed E-state index contributed by atoms with van der Waals surface area (Å²) < 4.78 is 0. The number of halogens is 1. The van der Waals surface area contributed by atoms with Crippen molar-refractivity contribution in [2.75, 3.05) is 19.7 Å². The zero-order chi connectivity index (χ0) is 21.8. The summed E-state index contributed by atoms with van der Waals surface area (Å²) in [5.41, 5.74) is 7.38. The van der Waals surface area contributed by atoms with Gasteiger partial charge < -0.3 is 10.1 Å². The minimum Gasteiger partial charge on any atom is -0.395 e. The molecule has 3 aromatic rings. The molecule has 0 bridgehead atoms. The first kappa shape index (κ1) is 21.8. The number of aromatic amines is 1. The summed E-state index contributed by atoms with van der Waals surface area (Å²) in [7, 11) is 0. The van der Waals surface area contributed by atoms with Crippen molar-refractivity contribution in [3.05, 3.63) is 69.9 Å². The average Bonchev–Trinajstić information content (AvgIpc) is 3.41. The van der Waals surface area contributed by atoms with Gasteiger partial charge in [-0.1, -0.05) is 41.9 Å². The van der Waals surface area contributed by atoms with Gasteiger partial charge in [-0.05, 0) is 54.0 Å². The second-order valence-corrected chi connectivity index (χ2v) is 8.44. The summed E-state index contributed by atoms with van der Waals surface area (Å²) in [6.45, 7) is 1.58. The number of nitrogens with zero attached hydrogens (tertiary/aromatic N) is 1. The number of aliphatic hydroxyl groups is 1. The van der Waals surface area contributed by atoms with Gasteiger partial charge in [-0.15, -0.1) is 0 Å². The molecular weight excluding hydrogens is 414 g/mol. The summed E-state index contributed by atoms with van der Waals surface area (Å²) in [6, 6.07) is 12.6. The van der Waals surface area contributed by atoms with E-state index in [4.69, 9.17) is 16.8 Å². The van der Waals surface area contributed by atoms with Gasteiger partial charge in [-0.25, -0.2) is 5.48 Å². The zero-order valence-electron chi connectivity index (χ0n) is 17.4. The Morgan fingerprint density at radius 1 is 1.16 bits per heavy atom. The number of hydrogen-bond acceptors (Lipinski definition) is 4. The van der Waals surface area contributed by atoms with Gasteiger partial charge in [0.25, 0.3) is 0 Å². The Hall–Kier alpha value is -2.38. The number of carbonyl (C=O) groups is 1. The van der Waals surface area contributed by atoms with Crippen molar-refractivity contribution in [1.29, 1.82) is 0 Å². The van der Waals surface area contributed by atoms with E-state index in [0.717, 1.165) is 47.5 Å². The molecule has 31 heavy (non-hydrogen) atoms. The first-order valence-electron chi connectivity index (χ1n) is 10.8. The van der Waals surface area contributed by atoms with Crippen molar-refractivity contribution < 1.29 is 15.1 Å². The number of amides is 1. The van der Waals surface area contributed by atoms with E-state index < -0.39 is 5.91 Å². The molecule has 0 radical (unpaired) electrons. The van der Waals surface area contributed by atoms with Crippen molar-refractivity contribution in [2.24, 2.45) is 0 Å². The highest BCUT2D eigenvalue weighted by molar-refractivity contribution is 6.32. The summed E-state index contributed by atoms with van der Waals surface area (Å²) in [5.74, 6) is -0.416. The van der Waals surface area contributed by atoms with E-state index in [0.29, 0.717) is 13.0 Å². The summed E-state index contributed by atoms with van der Waals surface area (Å²) in [4.78, 5) is 17.0. The highest BCUT2D eigenvalue weighted by atomic mass is 35.5. The van der Waals surface area contributed by atoms with E-state index in [9.17, 15) is 9.90 Å². The van der Waals surface area contributed by atoms with E-state index in [1.54, 1.807) is 5.48 Å². The number of nitrogens with one attached hydrogen (secondary N) is 2. The molecule has 0 fully saturated rings. The van der Waals surface area contributed by atoms with Crippen LogP contribution in [0.25, 0.3) is 10.9 Å². The minimum atomic E-state index is -0.416. The molecule has 1 unspecified atom stereocenters. The fourth-order valence-electron chi connectivity index (χ4n) is 4.72. The van der Waals surface area contributed by atoms with Crippen LogP contribution in [0.1, 0.15) is 41.1 Å². The van der Waals surface area contributed by atoms with Crippen LogP contribution in [0.4, 0.5) is 0 Å². The highest BCUT2D eigenvalue weighted by Crippen LogP contribution is 2.41. The molecule has 0 spiro atoms. The molecule has 7 heteroatoms. The maximum absolute atomic E-state index is 11.4. The normalized spacial score (nSPS) is 15.5. The maximum atomic E-state index is 11.4. The number of aromatic nitrogens is 1. The minimum absolute atomic E-state index is 0.113. The molecule has 164 valence electrons. The van der Waals surface area contributed by atoms with Gasteiger partial charge in [-0.2, -0.15) is 0 Å². The van der Waals surface area contributed by atoms with Gasteiger partial charge in [0.05, 0.1) is 6.61 Å². The lowest BCUT2D eigenvalue weighted by Crippen LogP contribution is -2.32. The highest BCUT2D eigenvalue weighted by Gasteiger charge is 2.30. The van der Waals surface area contributed by atoms with Crippen LogP contribution in [0.15, 0.2) is 42.6 Å². The fraction of sp³-hybridized carbons (Fsp3) is 0.375. The lowest BCUT2D eigenvalue weighted by atomic mass is 10.0. The largest absolute Gasteiger partial charge is 0.395 e. The number of aliphatic hydroxyl groups excluding tert-OH is 1. The van der Waals surface area contributed by atoms with E-state index in [-0.39, 0.29) is 19.1 Å². The molecule has 1 amide bonds. The summed E-state index contributed by atoms with van der Waals surface area (Å²) >= 11 is 6.69. The smallest absolute Gasteiger partial charge is 0.243 e. The number of rotatable bonds is 9. The number of fused-ring (bicyclic) bond motifs is 2. The third-order valence-corrected chi connectivity index (χ3v) is 6.77. The number of hydroxylamine groups is 1. The van der Waals surface area contributed by atoms with E-state index in [1.165, 1.54) is 16.5 Å². The number of H-pyrrole nitrogens is 1. The Labute approximate surface area is 186 Å². The Morgan fingerprint density at radius 3 is 2.81 bits per heavy atom. The van der Waals surface area contributed by atoms with Crippen LogP contribution in [0.3, 0.4) is 0 Å². The third-order valence-electron chi connectivity index (χ3n) is 6.30. The van der Waals surface area contributed by atoms with Crippen molar-refractivity contribution in [1.82, 2.24) is 15.4 Å². The second-order valence-electron chi connectivity index (χ2n) is 8.06. The van der Waals surface area contributed by atoms with Crippen molar-refractivity contribution >= 4 is 28.4 Å². The first-order chi connectivity index (χ1) is 15.1. The van der Waals surface area contributed by atoms with Gasteiger partial charge in [0.2, 0.25) is 5.91 Å². The van der Waals surface area contributed by atoms with Crippen LogP contribution in [0.5, 0.6) is 0 Å². The Kier molecular flexibility index (Phi) is 6.92. The Morgan fingerprint density at radius 2 is 2.00 bits per heavy atom. The second kappa shape index (κ2) is 9.83. The molecule has 6 nitrogen and oxygen atoms in total. The molecule has 1 heterocycles. The molecule has 0 aliphatic heterocycles. The molecule has 2 aromatic carbocycles. The lowest BCUT2D eigenvalue weighted by Gasteiger charge is -2.29. The third kappa shape index (κ3) is 4.62. The Balaban J connectivity index is 1.50. The molecule has 4 rings (SSSR count). The zero-order valence-corrected chi connectivity index (χ0v) is 18.2. The Bertz CT molecular complexity index is 1070. The van der Waals surface area contributed by atoms with Crippen molar-refractivity contribution in [3.8, 4) is 0 Å². The van der Waals surface area contributed by atoms with Crippen LogP contribution < -0.4 is 5.48 Å². The van der Waals surface area contributed by atoms with E-state index >= 15 is 0 Å². The van der Waals surface area contributed by atoms with Gasteiger partial charge in [-0.3, -0.25) is 14.9 Å². The lowest BCUT2D eigenvalue weighted by molar-refractivity contribution is -0.129. The number of aryl methyl sites for hydroxylation is 1. The number of carbonyl (C=O) groups excluding carboxylic acids is 1. The number of hydrogen-bond donors (Lipinski definition) is 4. The van der Waals surface area contributed by atoms with Crippen LogP contribution >= 0.6 is 11.6 Å². The van der Waals surface area contributed by atoms with Crippen molar-refractivity contribution in [3.63, 3.8) is 0 Å².